The monoisotopic (exact) mass is 312 g/mol. The summed E-state index contributed by atoms with van der Waals surface area (Å²) in [6.45, 7) is 1.80. The molecule has 3 rings (SSSR count). The summed E-state index contributed by atoms with van der Waals surface area (Å²) in [5.41, 5.74) is 9.64. The minimum Gasteiger partial charge on any atom is -0.399 e. The van der Waals surface area contributed by atoms with E-state index in [1.807, 2.05) is 18.2 Å². The number of hydrogen-bond donors (Lipinski definition) is 2. The van der Waals surface area contributed by atoms with Gasteiger partial charge >= 0.3 is 0 Å². The third-order valence-corrected chi connectivity index (χ3v) is 4.54. The first-order chi connectivity index (χ1) is 11.0. The number of hydrogen-bond acceptors (Lipinski definition) is 2. The number of benzene rings is 2. The van der Waals surface area contributed by atoms with Crippen molar-refractivity contribution in [2.24, 2.45) is 0 Å². The van der Waals surface area contributed by atoms with E-state index in [9.17, 15) is 9.18 Å². The Morgan fingerprint density at radius 2 is 2.13 bits per heavy atom. The molecule has 0 fully saturated rings. The molecule has 0 radical (unpaired) electrons. The van der Waals surface area contributed by atoms with Crippen LogP contribution in [0.4, 0.5) is 10.1 Å². The highest BCUT2D eigenvalue weighted by atomic mass is 19.1. The molecule has 0 aromatic heterocycles. The number of rotatable bonds is 3. The van der Waals surface area contributed by atoms with Crippen molar-refractivity contribution in [2.45, 2.75) is 38.1 Å². The van der Waals surface area contributed by atoms with Crippen LogP contribution in [-0.4, -0.2) is 5.91 Å². The second-order valence-electron chi connectivity index (χ2n) is 6.19. The van der Waals surface area contributed by atoms with Gasteiger partial charge in [0.25, 0.3) is 0 Å². The Labute approximate surface area is 135 Å². The maximum absolute atomic E-state index is 13.3. The molecule has 120 valence electrons. The van der Waals surface area contributed by atoms with Crippen molar-refractivity contribution in [3.05, 3.63) is 65.0 Å². The van der Waals surface area contributed by atoms with Gasteiger partial charge in [0, 0.05) is 5.69 Å². The zero-order chi connectivity index (χ0) is 16.4. The van der Waals surface area contributed by atoms with Gasteiger partial charge in [-0.05, 0) is 67.1 Å². The number of carbonyl (C=O) groups is 1. The van der Waals surface area contributed by atoms with Crippen LogP contribution in [0.25, 0.3) is 0 Å². The van der Waals surface area contributed by atoms with Gasteiger partial charge in [-0.15, -0.1) is 0 Å². The van der Waals surface area contributed by atoms with Gasteiger partial charge in [0.15, 0.2) is 0 Å². The van der Waals surface area contributed by atoms with Gasteiger partial charge in [0.2, 0.25) is 5.91 Å². The van der Waals surface area contributed by atoms with Gasteiger partial charge < -0.3 is 11.1 Å². The van der Waals surface area contributed by atoms with Crippen LogP contribution in [0, 0.1) is 5.82 Å². The van der Waals surface area contributed by atoms with Crippen molar-refractivity contribution in [3.63, 3.8) is 0 Å². The van der Waals surface area contributed by atoms with Gasteiger partial charge in [-0.2, -0.15) is 0 Å². The summed E-state index contributed by atoms with van der Waals surface area (Å²) in [6, 6.07) is 12.1. The summed E-state index contributed by atoms with van der Waals surface area (Å²) in [6.07, 6.45) is 2.93. The fourth-order valence-corrected chi connectivity index (χ4v) is 3.21. The number of aryl methyl sites for hydroxylation is 1. The minimum absolute atomic E-state index is 0.00265. The second-order valence-corrected chi connectivity index (χ2v) is 6.19. The van der Waals surface area contributed by atoms with E-state index >= 15 is 0 Å². The van der Waals surface area contributed by atoms with E-state index in [1.165, 1.54) is 17.7 Å². The number of nitrogen functional groups attached to an aromatic ring is 1. The Morgan fingerprint density at radius 1 is 1.30 bits per heavy atom. The number of anilines is 1. The van der Waals surface area contributed by atoms with Crippen LogP contribution in [0.15, 0.2) is 42.5 Å². The lowest BCUT2D eigenvalue weighted by Gasteiger charge is -2.28. The highest BCUT2D eigenvalue weighted by molar-refractivity contribution is 5.83. The Kier molecular flexibility index (Phi) is 4.33. The number of halogens is 1. The summed E-state index contributed by atoms with van der Waals surface area (Å²) in [4.78, 5) is 12.5. The van der Waals surface area contributed by atoms with Crippen molar-refractivity contribution < 1.29 is 9.18 Å². The van der Waals surface area contributed by atoms with E-state index in [1.54, 1.807) is 19.1 Å². The molecule has 0 heterocycles. The van der Waals surface area contributed by atoms with Gasteiger partial charge in [-0.25, -0.2) is 4.39 Å². The number of carbonyl (C=O) groups excluding carboxylic acids is 1. The van der Waals surface area contributed by atoms with Crippen molar-refractivity contribution in [1.82, 2.24) is 5.32 Å². The summed E-state index contributed by atoms with van der Waals surface area (Å²) < 4.78 is 13.3. The largest absolute Gasteiger partial charge is 0.399 e. The quantitative estimate of drug-likeness (QED) is 0.849. The molecule has 1 aliphatic carbocycles. The van der Waals surface area contributed by atoms with Crippen LogP contribution in [0.3, 0.4) is 0 Å². The van der Waals surface area contributed by atoms with Crippen molar-refractivity contribution in [2.75, 3.05) is 5.73 Å². The predicted octanol–water partition coefficient (Wildman–Crippen LogP) is 3.71. The van der Waals surface area contributed by atoms with Crippen molar-refractivity contribution >= 4 is 11.6 Å². The van der Waals surface area contributed by atoms with E-state index < -0.39 is 0 Å². The average molecular weight is 312 g/mol. The fraction of sp³-hybridized carbons (Fsp3) is 0.316. The van der Waals surface area contributed by atoms with Gasteiger partial charge in [0.05, 0.1) is 12.0 Å². The molecule has 3 nitrogen and oxygen atoms in total. The SMILES string of the molecule is CC(C(=O)NC1CCCc2cc(N)ccc21)c1cccc(F)c1. The van der Waals surface area contributed by atoms with Crippen LogP contribution >= 0.6 is 0 Å². The zero-order valence-corrected chi connectivity index (χ0v) is 13.2. The lowest BCUT2D eigenvalue weighted by atomic mass is 9.87. The molecule has 0 spiro atoms. The van der Waals surface area contributed by atoms with E-state index in [0.29, 0.717) is 5.56 Å². The molecule has 2 atom stereocenters. The Morgan fingerprint density at radius 3 is 2.91 bits per heavy atom. The van der Waals surface area contributed by atoms with Crippen molar-refractivity contribution in [3.8, 4) is 0 Å². The highest BCUT2D eigenvalue weighted by Gasteiger charge is 2.24. The third kappa shape index (κ3) is 3.36. The molecule has 23 heavy (non-hydrogen) atoms. The van der Waals surface area contributed by atoms with Gasteiger partial charge in [-0.1, -0.05) is 18.2 Å². The predicted molar refractivity (Wildman–Crippen MR) is 89.5 cm³/mol. The lowest BCUT2D eigenvalue weighted by molar-refractivity contribution is -0.123. The molecule has 0 bridgehead atoms. The Hall–Kier alpha value is -2.36. The number of nitrogens with one attached hydrogen (secondary N) is 1. The molecular weight excluding hydrogens is 291 g/mol. The van der Waals surface area contributed by atoms with Gasteiger partial charge in [-0.3, -0.25) is 4.79 Å². The maximum atomic E-state index is 13.3. The summed E-state index contributed by atoms with van der Waals surface area (Å²) in [5, 5.41) is 3.11. The number of amides is 1. The average Bonchev–Trinajstić information content (AvgIpc) is 2.54. The van der Waals surface area contributed by atoms with E-state index in [0.717, 1.165) is 30.5 Å². The molecule has 4 heteroatoms. The van der Waals surface area contributed by atoms with Crippen LogP contribution in [0.1, 0.15) is 48.4 Å². The molecule has 2 unspecified atom stereocenters. The molecule has 1 amide bonds. The Balaban J connectivity index is 1.76. The summed E-state index contributed by atoms with van der Waals surface area (Å²) in [5.74, 6) is -0.782. The van der Waals surface area contributed by atoms with E-state index in [2.05, 4.69) is 5.32 Å². The maximum Gasteiger partial charge on any atom is 0.227 e. The zero-order valence-electron chi connectivity index (χ0n) is 13.2. The molecule has 0 saturated carbocycles. The van der Waals surface area contributed by atoms with Crippen molar-refractivity contribution in [1.29, 1.82) is 0 Å². The van der Waals surface area contributed by atoms with E-state index in [4.69, 9.17) is 5.73 Å². The third-order valence-electron chi connectivity index (χ3n) is 4.54. The first-order valence-electron chi connectivity index (χ1n) is 7.99. The normalized spacial score (nSPS) is 18.1. The standard InChI is InChI=1S/C19H21FN2O/c1-12(13-4-2-6-15(20)10-13)19(23)22-18-7-3-5-14-11-16(21)8-9-17(14)18/h2,4,6,8-12,18H,3,5,7,21H2,1H3,(H,22,23). The summed E-state index contributed by atoms with van der Waals surface area (Å²) in [7, 11) is 0. The van der Waals surface area contributed by atoms with E-state index in [-0.39, 0.29) is 23.7 Å². The van der Waals surface area contributed by atoms with Gasteiger partial charge in [0.1, 0.15) is 5.82 Å². The molecular formula is C19H21FN2O. The Bertz CT molecular complexity index is 729. The highest BCUT2D eigenvalue weighted by Crippen LogP contribution is 2.31. The first kappa shape index (κ1) is 15.5. The molecule has 2 aromatic rings. The molecule has 2 aromatic carbocycles. The van der Waals surface area contributed by atoms with Crippen LogP contribution in [0.2, 0.25) is 0 Å². The molecule has 0 saturated heterocycles. The summed E-state index contributed by atoms with van der Waals surface area (Å²) >= 11 is 0. The minimum atomic E-state index is -0.384. The van der Waals surface area contributed by atoms with Crippen LogP contribution in [0.5, 0.6) is 0 Å². The topological polar surface area (TPSA) is 55.1 Å². The lowest BCUT2D eigenvalue weighted by Crippen LogP contribution is -2.33. The fourth-order valence-electron chi connectivity index (χ4n) is 3.21. The smallest absolute Gasteiger partial charge is 0.227 e. The van der Waals surface area contributed by atoms with Crippen LogP contribution < -0.4 is 11.1 Å². The number of nitrogens with two attached hydrogens (primary N) is 1. The molecule has 3 N–H and O–H groups in total. The second kappa shape index (κ2) is 6.41. The first-order valence-corrected chi connectivity index (χ1v) is 7.99. The number of fused-ring (bicyclic) bond motifs is 1. The molecule has 1 aliphatic rings. The molecule has 0 aliphatic heterocycles. The van der Waals surface area contributed by atoms with Crippen LogP contribution in [-0.2, 0) is 11.2 Å².